The number of piperidine rings is 1. The van der Waals surface area contributed by atoms with Crippen molar-refractivity contribution in [1.82, 2.24) is 15.1 Å². The average molecular weight is 653 g/mol. The summed E-state index contributed by atoms with van der Waals surface area (Å²) < 4.78 is 11.5. The van der Waals surface area contributed by atoms with E-state index in [1.54, 1.807) is 6.07 Å². The summed E-state index contributed by atoms with van der Waals surface area (Å²) >= 11 is 0. The minimum absolute atomic E-state index is 0.00812. The number of carbonyl (C=O) groups excluding carboxylic acids is 2. The molecule has 10 heteroatoms. The first-order chi connectivity index (χ1) is 22.6. The number of rotatable bonds is 18. The number of phenols is 2. The molecule has 0 bridgehead atoms. The Labute approximate surface area is 280 Å². The predicted octanol–water partition coefficient (Wildman–Crippen LogP) is 4.99. The zero-order valence-corrected chi connectivity index (χ0v) is 28.9. The van der Waals surface area contributed by atoms with E-state index in [9.17, 15) is 19.8 Å². The summed E-state index contributed by atoms with van der Waals surface area (Å²) in [7, 11) is 0. The molecule has 2 aromatic rings. The molecule has 2 heterocycles. The number of nitrogens with one attached hydrogen (secondary N) is 2. The molecular weight excluding hydrogens is 596 g/mol. The van der Waals surface area contributed by atoms with Crippen LogP contribution in [-0.2, 0) is 32.6 Å². The van der Waals surface area contributed by atoms with Gasteiger partial charge in [-0.1, -0.05) is 51.8 Å². The number of amides is 2. The maximum atomic E-state index is 13.3. The van der Waals surface area contributed by atoms with Gasteiger partial charge in [0, 0.05) is 24.7 Å². The average Bonchev–Trinajstić information content (AvgIpc) is 3.07. The van der Waals surface area contributed by atoms with Crippen LogP contribution in [0, 0.1) is 0 Å². The largest absolute Gasteiger partial charge is 0.508 e. The molecule has 4 N–H and O–H groups in total. The fourth-order valence-corrected chi connectivity index (χ4v) is 6.65. The van der Waals surface area contributed by atoms with Gasteiger partial charge in [-0.05, 0) is 93.9 Å². The van der Waals surface area contributed by atoms with Gasteiger partial charge in [0.05, 0.1) is 19.6 Å². The van der Waals surface area contributed by atoms with E-state index in [1.165, 1.54) is 0 Å². The van der Waals surface area contributed by atoms with Crippen molar-refractivity contribution in [2.24, 2.45) is 0 Å². The molecule has 2 aromatic carbocycles. The van der Waals surface area contributed by atoms with Gasteiger partial charge in [0.1, 0.15) is 17.2 Å². The molecule has 1 saturated heterocycles. The molecule has 4 rings (SSSR count). The standard InChI is InChI=1S/C37H56N4O6/c1-5-7-8-27(3)41(22-19-38-18-13-29-10-12-32(43)35-36(29)47-26-33(44)39-35)34(45)15-24-46-23-14-28-9-11-31(42)30(25-28)37(4)16-20-40(6-2)21-17-37/h9-12,25,27,38,42-43H,5-8,13-24,26H2,1-4H3,(H,39,44)/t27-/m1/s1. The molecule has 0 radical (unpaired) electrons. The van der Waals surface area contributed by atoms with Gasteiger partial charge in [0.15, 0.2) is 12.4 Å². The SMILES string of the molecule is CCCC[C@@H](C)N(CCNCCc1ccc(O)c2c1OCC(=O)N2)C(=O)CCOCCc1ccc(O)c(C2(C)CCN(CC)CC2)c1. The number of hydrogen-bond acceptors (Lipinski definition) is 8. The Morgan fingerprint density at radius 3 is 2.62 bits per heavy atom. The molecule has 47 heavy (non-hydrogen) atoms. The highest BCUT2D eigenvalue weighted by Crippen LogP contribution is 2.40. The first-order valence-corrected chi connectivity index (χ1v) is 17.5. The van der Waals surface area contributed by atoms with Crippen molar-refractivity contribution in [2.75, 3.05) is 64.4 Å². The zero-order valence-electron chi connectivity index (χ0n) is 28.9. The van der Waals surface area contributed by atoms with Crippen LogP contribution in [0.1, 0.15) is 82.9 Å². The monoisotopic (exact) mass is 652 g/mol. The third-order valence-electron chi connectivity index (χ3n) is 9.87. The fourth-order valence-electron chi connectivity index (χ4n) is 6.65. The van der Waals surface area contributed by atoms with Crippen LogP contribution < -0.4 is 15.4 Å². The van der Waals surface area contributed by atoms with Crippen LogP contribution in [0.25, 0.3) is 0 Å². The van der Waals surface area contributed by atoms with Crippen LogP contribution in [0.4, 0.5) is 5.69 Å². The van der Waals surface area contributed by atoms with Gasteiger partial charge in [0.2, 0.25) is 5.91 Å². The third-order valence-corrected chi connectivity index (χ3v) is 9.87. The minimum Gasteiger partial charge on any atom is -0.508 e. The highest BCUT2D eigenvalue weighted by Gasteiger charge is 2.33. The second kappa shape index (κ2) is 17.7. The van der Waals surface area contributed by atoms with Gasteiger partial charge in [-0.3, -0.25) is 9.59 Å². The molecule has 0 unspecified atom stereocenters. The van der Waals surface area contributed by atoms with Crippen LogP contribution in [0.2, 0.25) is 0 Å². The molecule has 1 fully saturated rings. The summed E-state index contributed by atoms with van der Waals surface area (Å²) in [6.45, 7) is 14.7. The van der Waals surface area contributed by atoms with E-state index >= 15 is 0 Å². The molecule has 0 aliphatic carbocycles. The Morgan fingerprint density at radius 1 is 1.11 bits per heavy atom. The van der Waals surface area contributed by atoms with Crippen LogP contribution in [0.3, 0.4) is 0 Å². The van der Waals surface area contributed by atoms with Crippen LogP contribution in [0.5, 0.6) is 17.2 Å². The third kappa shape index (κ3) is 10.1. The topological polar surface area (TPSA) is 124 Å². The van der Waals surface area contributed by atoms with E-state index in [0.717, 1.165) is 74.8 Å². The van der Waals surface area contributed by atoms with Crippen molar-refractivity contribution in [3.63, 3.8) is 0 Å². The van der Waals surface area contributed by atoms with Gasteiger partial charge in [-0.15, -0.1) is 0 Å². The Morgan fingerprint density at radius 2 is 1.87 bits per heavy atom. The van der Waals surface area contributed by atoms with Gasteiger partial charge in [-0.2, -0.15) is 0 Å². The van der Waals surface area contributed by atoms with Crippen molar-refractivity contribution >= 4 is 17.5 Å². The van der Waals surface area contributed by atoms with Crippen molar-refractivity contribution in [3.05, 3.63) is 47.0 Å². The number of nitrogens with zero attached hydrogens (tertiary/aromatic N) is 2. The van der Waals surface area contributed by atoms with Crippen molar-refractivity contribution in [1.29, 1.82) is 0 Å². The summed E-state index contributed by atoms with van der Waals surface area (Å²) in [5.74, 6) is 0.707. The Balaban J connectivity index is 1.21. The predicted molar refractivity (Wildman–Crippen MR) is 185 cm³/mol. The van der Waals surface area contributed by atoms with E-state index in [2.05, 4.69) is 49.3 Å². The molecule has 2 aliphatic rings. The van der Waals surface area contributed by atoms with Crippen LogP contribution in [0.15, 0.2) is 30.3 Å². The Kier molecular flexibility index (Phi) is 13.8. The lowest BCUT2D eigenvalue weighted by Gasteiger charge is -2.39. The molecule has 260 valence electrons. The second-order valence-corrected chi connectivity index (χ2v) is 13.3. The fraction of sp³-hybridized carbons (Fsp3) is 0.622. The number of ether oxygens (including phenoxy) is 2. The molecule has 2 amide bonds. The van der Waals surface area contributed by atoms with E-state index in [4.69, 9.17) is 9.47 Å². The molecule has 1 atom stereocenters. The minimum atomic E-state index is -0.283. The first kappa shape index (κ1) is 36.5. The van der Waals surface area contributed by atoms with Crippen molar-refractivity contribution < 1.29 is 29.3 Å². The van der Waals surface area contributed by atoms with Gasteiger partial charge >= 0.3 is 0 Å². The second-order valence-electron chi connectivity index (χ2n) is 13.3. The Hall–Kier alpha value is -3.34. The maximum Gasteiger partial charge on any atom is 0.262 e. The number of fused-ring (bicyclic) bond motifs is 1. The molecule has 2 aliphatic heterocycles. The maximum absolute atomic E-state index is 13.3. The zero-order chi connectivity index (χ0) is 33.8. The molecule has 10 nitrogen and oxygen atoms in total. The normalized spacial score (nSPS) is 16.6. The number of aromatic hydroxyl groups is 2. The first-order valence-electron chi connectivity index (χ1n) is 17.5. The number of unbranched alkanes of at least 4 members (excludes halogenated alkanes) is 1. The summed E-state index contributed by atoms with van der Waals surface area (Å²) in [4.78, 5) is 29.4. The van der Waals surface area contributed by atoms with Gasteiger partial charge < -0.3 is 40.1 Å². The van der Waals surface area contributed by atoms with Crippen molar-refractivity contribution in [2.45, 2.75) is 90.5 Å². The smallest absolute Gasteiger partial charge is 0.262 e. The lowest BCUT2D eigenvalue weighted by Crippen LogP contribution is -2.43. The van der Waals surface area contributed by atoms with Crippen molar-refractivity contribution in [3.8, 4) is 17.2 Å². The molecule has 0 aromatic heterocycles. The number of anilines is 1. The highest BCUT2D eigenvalue weighted by atomic mass is 16.5. The molecule has 0 saturated carbocycles. The summed E-state index contributed by atoms with van der Waals surface area (Å²) in [5.41, 5.74) is 3.39. The number of likely N-dealkylation sites (tertiary alicyclic amines) is 1. The number of hydrogen-bond donors (Lipinski definition) is 4. The number of carbonyl (C=O) groups is 2. The quantitative estimate of drug-likeness (QED) is 0.131. The summed E-state index contributed by atoms with van der Waals surface area (Å²) in [5, 5.41) is 26.9. The van der Waals surface area contributed by atoms with Crippen LogP contribution >= 0.6 is 0 Å². The number of phenolic OH excluding ortho intramolecular Hbond substituents is 2. The Bertz CT molecular complexity index is 1330. The highest BCUT2D eigenvalue weighted by molar-refractivity contribution is 5.97. The number of benzene rings is 2. The lowest BCUT2D eigenvalue weighted by atomic mass is 9.73. The molecular formula is C37H56N4O6. The van der Waals surface area contributed by atoms with E-state index < -0.39 is 0 Å². The van der Waals surface area contributed by atoms with E-state index in [1.807, 2.05) is 23.1 Å². The van der Waals surface area contributed by atoms with Gasteiger partial charge in [-0.25, -0.2) is 0 Å². The van der Waals surface area contributed by atoms with Gasteiger partial charge in [0.25, 0.3) is 5.91 Å². The van der Waals surface area contributed by atoms with E-state index in [0.29, 0.717) is 62.9 Å². The van der Waals surface area contributed by atoms with E-state index in [-0.39, 0.29) is 35.6 Å². The lowest BCUT2D eigenvalue weighted by molar-refractivity contribution is -0.134. The summed E-state index contributed by atoms with van der Waals surface area (Å²) in [6.07, 6.45) is 6.93. The van der Waals surface area contributed by atoms with Crippen LogP contribution in [-0.4, -0.2) is 97.0 Å². The molecule has 0 spiro atoms. The summed E-state index contributed by atoms with van der Waals surface area (Å²) in [6, 6.07) is 9.47.